The van der Waals surface area contributed by atoms with Crippen LogP contribution in [0.4, 0.5) is 5.88 Å². The smallest absolute Gasteiger partial charge is 0.339 e. The second-order valence-electron chi connectivity index (χ2n) is 7.27. The van der Waals surface area contributed by atoms with E-state index in [1.807, 2.05) is 18.7 Å². The molecule has 0 radical (unpaired) electrons. The Morgan fingerprint density at radius 3 is 2.67 bits per heavy atom. The van der Waals surface area contributed by atoms with Gasteiger partial charge in [0, 0.05) is 24.1 Å². The van der Waals surface area contributed by atoms with E-state index < -0.39 is 18.5 Å². The lowest BCUT2D eigenvalue weighted by Crippen LogP contribution is -2.29. The third-order valence-corrected chi connectivity index (χ3v) is 5.69. The number of thioether (sulfide) groups is 1. The normalized spacial score (nSPS) is 13.5. The third-order valence-electron chi connectivity index (χ3n) is 4.63. The molecule has 0 unspecified atom stereocenters. The van der Waals surface area contributed by atoms with Gasteiger partial charge in [0.05, 0.1) is 17.0 Å². The van der Waals surface area contributed by atoms with E-state index >= 15 is 0 Å². The van der Waals surface area contributed by atoms with Gasteiger partial charge in [-0.3, -0.25) is 14.9 Å². The van der Waals surface area contributed by atoms with Gasteiger partial charge in [-0.15, -0.1) is 11.8 Å². The van der Waals surface area contributed by atoms with Crippen molar-refractivity contribution in [3.05, 3.63) is 41.6 Å². The predicted octanol–water partition coefficient (Wildman–Crippen LogP) is 3.31. The summed E-state index contributed by atoms with van der Waals surface area (Å²) in [5.41, 5.74) is 1.04. The molecule has 9 heteroatoms. The van der Waals surface area contributed by atoms with Crippen molar-refractivity contribution in [2.24, 2.45) is 0 Å². The topological polar surface area (TPSA) is 102 Å². The Morgan fingerprint density at radius 2 is 1.97 bits per heavy atom. The zero-order chi connectivity index (χ0) is 21.5. The number of likely N-dealkylation sites (tertiary alicyclic amines) is 1. The van der Waals surface area contributed by atoms with Gasteiger partial charge in [0.25, 0.3) is 5.91 Å². The van der Waals surface area contributed by atoms with Crippen LogP contribution >= 0.6 is 11.8 Å². The molecular weight excluding hydrogens is 406 g/mol. The molecule has 0 saturated carbocycles. The van der Waals surface area contributed by atoms with Crippen LogP contribution in [-0.4, -0.2) is 53.3 Å². The first kappa shape index (κ1) is 21.9. The summed E-state index contributed by atoms with van der Waals surface area (Å²) in [6, 6.07) is 8.52. The van der Waals surface area contributed by atoms with Gasteiger partial charge in [0.1, 0.15) is 0 Å². The van der Waals surface area contributed by atoms with Crippen LogP contribution in [0.25, 0.3) is 0 Å². The summed E-state index contributed by atoms with van der Waals surface area (Å²) in [5, 5.41) is 6.36. The van der Waals surface area contributed by atoms with Crippen LogP contribution in [0.5, 0.6) is 0 Å². The van der Waals surface area contributed by atoms with Crippen molar-refractivity contribution < 1.29 is 23.6 Å². The number of anilines is 1. The quantitative estimate of drug-likeness (QED) is 0.505. The van der Waals surface area contributed by atoms with Crippen LogP contribution in [0.2, 0.25) is 0 Å². The Hall–Kier alpha value is -2.81. The molecule has 1 saturated heterocycles. The first-order valence-corrected chi connectivity index (χ1v) is 10.9. The highest BCUT2D eigenvalue weighted by Gasteiger charge is 2.20. The molecular formula is C21H25N3O5S. The second-order valence-corrected chi connectivity index (χ2v) is 8.28. The highest BCUT2D eigenvalue weighted by Crippen LogP contribution is 2.24. The average Bonchev–Trinajstić information content (AvgIpc) is 3.43. The fourth-order valence-corrected chi connectivity index (χ4v) is 3.90. The summed E-state index contributed by atoms with van der Waals surface area (Å²) in [6.07, 6.45) is 2.07. The van der Waals surface area contributed by atoms with Gasteiger partial charge < -0.3 is 14.2 Å². The minimum Gasteiger partial charge on any atom is -0.452 e. The molecule has 3 rings (SSSR count). The molecule has 1 aliphatic heterocycles. The van der Waals surface area contributed by atoms with E-state index in [1.165, 1.54) is 11.8 Å². The molecule has 1 aromatic heterocycles. The number of hydrogen-bond donors (Lipinski definition) is 1. The van der Waals surface area contributed by atoms with Crippen LogP contribution in [0, 0.1) is 0 Å². The van der Waals surface area contributed by atoms with Crippen molar-refractivity contribution in [2.45, 2.75) is 37.5 Å². The van der Waals surface area contributed by atoms with Crippen LogP contribution < -0.4 is 5.32 Å². The van der Waals surface area contributed by atoms with Crippen molar-refractivity contribution in [3.8, 4) is 0 Å². The maximum atomic E-state index is 12.5. The number of nitrogens with zero attached hydrogens (tertiary/aromatic N) is 2. The van der Waals surface area contributed by atoms with E-state index in [1.54, 1.807) is 30.3 Å². The average molecular weight is 432 g/mol. The number of nitrogens with one attached hydrogen (secondary N) is 1. The maximum Gasteiger partial charge on any atom is 0.339 e. The number of esters is 1. The number of amides is 2. The third kappa shape index (κ3) is 5.85. The minimum absolute atomic E-state index is 0.0628. The molecule has 2 aromatic rings. The molecule has 1 aromatic carbocycles. The number of carbonyl (C=O) groups excluding carboxylic acids is 3. The highest BCUT2D eigenvalue weighted by molar-refractivity contribution is 8.00. The van der Waals surface area contributed by atoms with Gasteiger partial charge in [-0.05, 0) is 30.9 Å². The number of ether oxygens (including phenoxy) is 1. The summed E-state index contributed by atoms with van der Waals surface area (Å²) in [7, 11) is 0. The Kier molecular flexibility index (Phi) is 7.51. The molecule has 2 heterocycles. The summed E-state index contributed by atoms with van der Waals surface area (Å²) in [6.45, 7) is 5.05. The van der Waals surface area contributed by atoms with Gasteiger partial charge in [-0.2, -0.15) is 0 Å². The van der Waals surface area contributed by atoms with E-state index in [2.05, 4.69) is 10.5 Å². The number of aromatic nitrogens is 1. The predicted molar refractivity (Wildman–Crippen MR) is 112 cm³/mol. The number of rotatable bonds is 8. The summed E-state index contributed by atoms with van der Waals surface area (Å²) < 4.78 is 10.2. The molecule has 1 fully saturated rings. The first-order valence-electron chi connectivity index (χ1n) is 9.87. The van der Waals surface area contributed by atoms with Gasteiger partial charge in [-0.1, -0.05) is 31.1 Å². The molecule has 0 bridgehead atoms. The Labute approximate surface area is 179 Å². The van der Waals surface area contributed by atoms with Crippen LogP contribution in [0.3, 0.4) is 0 Å². The SMILES string of the molecule is CC(C)c1cc(NC(=O)COC(=O)c2ccccc2SCC(=O)N2CCCC2)on1. The molecule has 0 aliphatic carbocycles. The van der Waals surface area contributed by atoms with E-state index in [4.69, 9.17) is 9.26 Å². The minimum atomic E-state index is -0.623. The molecule has 30 heavy (non-hydrogen) atoms. The molecule has 160 valence electrons. The van der Waals surface area contributed by atoms with E-state index in [0.29, 0.717) is 10.5 Å². The van der Waals surface area contributed by atoms with Crippen molar-refractivity contribution in [1.29, 1.82) is 0 Å². The monoisotopic (exact) mass is 431 g/mol. The lowest BCUT2D eigenvalue weighted by molar-refractivity contribution is -0.127. The van der Waals surface area contributed by atoms with Crippen molar-refractivity contribution in [3.63, 3.8) is 0 Å². The van der Waals surface area contributed by atoms with Gasteiger partial charge in [-0.25, -0.2) is 4.79 Å². The van der Waals surface area contributed by atoms with Gasteiger partial charge >= 0.3 is 5.97 Å². The van der Waals surface area contributed by atoms with Crippen LogP contribution in [0.15, 0.2) is 39.8 Å². The standard InChI is InChI=1S/C21H25N3O5S/c1-14(2)16-11-19(29-23-16)22-18(25)12-28-21(27)15-7-3-4-8-17(15)30-13-20(26)24-9-5-6-10-24/h3-4,7-8,11,14H,5-6,9-10,12-13H2,1-2H3,(H,22,25). The summed E-state index contributed by atoms with van der Waals surface area (Å²) in [5.74, 6) is -0.451. The maximum absolute atomic E-state index is 12.5. The lowest BCUT2D eigenvalue weighted by atomic mass is 10.1. The van der Waals surface area contributed by atoms with Crippen molar-refractivity contribution >= 4 is 35.4 Å². The van der Waals surface area contributed by atoms with Crippen LogP contribution in [0.1, 0.15) is 48.7 Å². The van der Waals surface area contributed by atoms with E-state index in [9.17, 15) is 14.4 Å². The fraction of sp³-hybridized carbons (Fsp3) is 0.429. The van der Waals surface area contributed by atoms with Gasteiger partial charge in [0.2, 0.25) is 11.8 Å². The first-order chi connectivity index (χ1) is 14.4. The molecule has 8 nitrogen and oxygen atoms in total. The summed E-state index contributed by atoms with van der Waals surface area (Å²) >= 11 is 1.30. The van der Waals surface area contributed by atoms with Crippen LogP contribution in [-0.2, 0) is 14.3 Å². The molecule has 1 N–H and O–H groups in total. The van der Waals surface area contributed by atoms with E-state index in [0.717, 1.165) is 31.6 Å². The fourth-order valence-electron chi connectivity index (χ4n) is 2.96. The molecule has 0 atom stereocenters. The van der Waals surface area contributed by atoms with Gasteiger partial charge in [0.15, 0.2) is 6.61 Å². The molecule has 0 spiro atoms. The van der Waals surface area contributed by atoms with Crippen molar-refractivity contribution in [2.75, 3.05) is 30.8 Å². The molecule has 1 aliphatic rings. The summed E-state index contributed by atoms with van der Waals surface area (Å²) in [4.78, 5) is 39.3. The Bertz CT molecular complexity index is 906. The zero-order valence-electron chi connectivity index (χ0n) is 17.1. The number of carbonyl (C=O) groups is 3. The number of benzene rings is 1. The second kappa shape index (κ2) is 10.3. The van der Waals surface area contributed by atoms with Crippen molar-refractivity contribution in [1.82, 2.24) is 10.1 Å². The Morgan fingerprint density at radius 1 is 1.23 bits per heavy atom. The highest BCUT2D eigenvalue weighted by atomic mass is 32.2. The van der Waals surface area contributed by atoms with E-state index in [-0.39, 0.29) is 23.5 Å². The Balaban J connectivity index is 1.52. The zero-order valence-corrected chi connectivity index (χ0v) is 17.9. The number of hydrogen-bond acceptors (Lipinski definition) is 7. The molecule has 2 amide bonds. The lowest BCUT2D eigenvalue weighted by Gasteiger charge is -2.15. The largest absolute Gasteiger partial charge is 0.452 e.